The summed E-state index contributed by atoms with van der Waals surface area (Å²) in [4.78, 5) is 7.33. The molecule has 1 aromatic carbocycles. The Labute approximate surface area is 121 Å². The van der Waals surface area contributed by atoms with Crippen LogP contribution < -0.4 is 5.73 Å². The Bertz CT molecular complexity index is 602. The van der Waals surface area contributed by atoms with Gasteiger partial charge in [-0.2, -0.15) is 13.2 Å². The molecule has 0 aliphatic rings. The normalized spacial score (nSPS) is 14.0. The van der Waals surface area contributed by atoms with Crippen molar-refractivity contribution >= 4 is 11.0 Å². The second kappa shape index (κ2) is 6.05. The van der Waals surface area contributed by atoms with Gasteiger partial charge in [-0.3, -0.25) is 0 Å². The smallest absolute Gasteiger partial charge is 0.342 e. The maximum absolute atomic E-state index is 12.7. The number of rotatable bonds is 5. The van der Waals surface area contributed by atoms with Crippen LogP contribution in [0.1, 0.15) is 31.7 Å². The number of nitrogens with zero attached hydrogens (tertiary/aromatic N) is 1. The first kappa shape index (κ1) is 15.8. The first-order valence-corrected chi connectivity index (χ1v) is 7.05. The van der Waals surface area contributed by atoms with Gasteiger partial charge in [0.05, 0.1) is 16.6 Å². The lowest BCUT2D eigenvalue weighted by Gasteiger charge is -2.15. The molecule has 0 spiro atoms. The average molecular weight is 299 g/mol. The lowest BCUT2D eigenvalue weighted by molar-refractivity contribution is -0.137. The third kappa shape index (κ3) is 3.97. The molecular weight excluding hydrogens is 279 g/mol. The summed E-state index contributed by atoms with van der Waals surface area (Å²) >= 11 is 0. The summed E-state index contributed by atoms with van der Waals surface area (Å²) in [5, 5.41) is 0. The number of aromatic amines is 1. The monoisotopic (exact) mass is 299 g/mol. The Kier molecular flexibility index (Phi) is 4.56. The Hall–Kier alpha value is -1.56. The van der Waals surface area contributed by atoms with Crippen molar-refractivity contribution in [3.05, 3.63) is 29.6 Å². The van der Waals surface area contributed by atoms with Crippen LogP contribution in [-0.4, -0.2) is 16.5 Å². The van der Waals surface area contributed by atoms with E-state index in [1.54, 1.807) is 0 Å². The highest BCUT2D eigenvalue weighted by Gasteiger charge is 2.30. The Morgan fingerprint density at radius 3 is 2.57 bits per heavy atom. The summed E-state index contributed by atoms with van der Waals surface area (Å²) < 4.78 is 38.0. The van der Waals surface area contributed by atoms with E-state index in [1.807, 2.05) is 0 Å². The highest BCUT2D eigenvalue weighted by molar-refractivity contribution is 5.76. The van der Waals surface area contributed by atoms with Gasteiger partial charge in [0.25, 0.3) is 0 Å². The minimum absolute atomic E-state index is 0.285. The van der Waals surface area contributed by atoms with Crippen LogP contribution in [0.3, 0.4) is 0 Å². The van der Waals surface area contributed by atoms with E-state index in [4.69, 9.17) is 5.73 Å². The molecule has 0 saturated carbocycles. The molecule has 1 heterocycles. The summed E-state index contributed by atoms with van der Waals surface area (Å²) in [6.07, 6.45) is -2.71. The molecule has 1 atom stereocenters. The molecule has 0 aliphatic heterocycles. The van der Waals surface area contributed by atoms with Crippen LogP contribution >= 0.6 is 0 Å². The van der Waals surface area contributed by atoms with E-state index < -0.39 is 11.7 Å². The summed E-state index contributed by atoms with van der Waals surface area (Å²) in [6.45, 7) is 4.79. The van der Waals surface area contributed by atoms with E-state index in [0.717, 1.165) is 18.6 Å². The van der Waals surface area contributed by atoms with Gasteiger partial charge in [-0.25, -0.2) is 4.98 Å². The first-order valence-electron chi connectivity index (χ1n) is 7.05. The maximum atomic E-state index is 12.7. The quantitative estimate of drug-likeness (QED) is 0.883. The third-order valence-electron chi connectivity index (χ3n) is 3.48. The molecule has 6 heteroatoms. The van der Waals surface area contributed by atoms with Gasteiger partial charge < -0.3 is 10.7 Å². The van der Waals surface area contributed by atoms with Crippen molar-refractivity contribution < 1.29 is 13.2 Å². The number of nitrogens with one attached hydrogen (secondary N) is 1. The summed E-state index contributed by atoms with van der Waals surface area (Å²) in [6, 6.07) is 3.56. The first-order chi connectivity index (χ1) is 9.79. The summed E-state index contributed by atoms with van der Waals surface area (Å²) in [5.41, 5.74) is 6.06. The number of alkyl halides is 3. The predicted molar refractivity (Wildman–Crippen MR) is 76.8 cm³/mol. The van der Waals surface area contributed by atoms with Gasteiger partial charge in [-0.15, -0.1) is 0 Å². The van der Waals surface area contributed by atoms with Crippen LogP contribution in [-0.2, 0) is 12.6 Å². The lowest BCUT2D eigenvalue weighted by atomic mass is 9.94. The SMILES string of the molecule is CC(C)CC(CN)Cc1nc2ccc(C(F)(F)F)cc2[nH]1. The molecular formula is C15H20F3N3. The Morgan fingerprint density at radius 2 is 2.00 bits per heavy atom. The zero-order chi connectivity index (χ0) is 15.6. The van der Waals surface area contributed by atoms with Gasteiger partial charge in [-0.05, 0) is 43.0 Å². The fourth-order valence-corrected chi connectivity index (χ4v) is 2.54. The number of hydrogen-bond acceptors (Lipinski definition) is 2. The van der Waals surface area contributed by atoms with E-state index in [-0.39, 0.29) is 5.92 Å². The molecule has 1 unspecified atom stereocenters. The van der Waals surface area contributed by atoms with Gasteiger partial charge in [0.15, 0.2) is 0 Å². The number of fused-ring (bicyclic) bond motifs is 1. The molecule has 116 valence electrons. The van der Waals surface area contributed by atoms with E-state index >= 15 is 0 Å². The van der Waals surface area contributed by atoms with E-state index in [2.05, 4.69) is 23.8 Å². The highest BCUT2D eigenvalue weighted by atomic mass is 19.4. The van der Waals surface area contributed by atoms with Crippen LogP contribution in [0.15, 0.2) is 18.2 Å². The van der Waals surface area contributed by atoms with Crippen molar-refractivity contribution in [3.8, 4) is 0 Å². The van der Waals surface area contributed by atoms with Crippen molar-refractivity contribution in [1.29, 1.82) is 0 Å². The van der Waals surface area contributed by atoms with Crippen LogP contribution in [0, 0.1) is 11.8 Å². The van der Waals surface area contributed by atoms with Gasteiger partial charge >= 0.3 is 6.18 Å². The average Bonchev–Trinajstić information content (AvgIpc) is 2.77. The number of aromatic nitrogens is 2. The molecule has 0 aliphatic carbocycles. The molecule has 0 saturated heterocycles. The molecule has 0 bridgehead atoms. The molecule has 3 N–H and O–H groups in total. The predicted octanol–water partition coefficient (Wildman–Crippen LogP) is 3.75. The van der Waals surface area contributed by atoms with Gasteiger partial charge in [-0.1, -0.05) is 13.8 Å². The standard InChI is InChI=1S/C15H20F3N3/c1-9(2)5-10(8-19)6-14-20-12-4-3-11(15(16,17)18)7-13(12)21-14/h3-4,7,9-10H,5-6,8,19H2,1-2H3,(H,20,21). The molecule has 3 nitrogen and oxygen atoms in total. The molecule has 0 radical (unpaired) electrons. The fourth-order valence-electron chi connectivity index (χ4n) is 2.54. The van der Waals surface area contributed by atoms with Crippen molar-refractivity contribution in [1.82, 2.24) is 9.97 Å². The molecule has 1 aromatic heterocycles. The Balaban J connectivity index is 2.22. The summed E-state index contributed by atoms with van der Waals surface area (Å²) in [5.74, 6) is 1.51. The number of nitrogens with two attached hydrogens (primary N) is 1. The molecule has 2 rings (SSSR count). The number of imidazole rings is 1. The van der Waals surface area contributed by atoms with Crippen LogP contribution in [0.25, 0.3) is 11.0 Å². The number of hydrogen-bond donors (Lipinski definition) is 2. The minimum Gasteiger partial charge on any atom is -0.342 e. The minimum atomic E-state index is -4.34. The second-order valence-electron chi connectivity index (χ2n) is 5.85. The zero-order valence-corrected chi connectivity index (χ0v) is 12.2. The highest BCUT2D eigenvalue weighted by Crippen LogP contribution is 2.31. The van der Waals surface area contributed by atoms with E-state index in [1.165, 1.54) is 6.07 Å². The van der Waals surface area contributed by atoms with Crippen molar-refractivity contribution in [2.45, 2.75) is 32.9 Å². The van der Waals surface area contributed by atoms with Crippen molar-refractivity contribution in [3.63, 3.8) is 0 Å². The Morgan fingerprint density at radius 1 is 1.29 bits per heavy atom. The molecule has 0 amide bonds. The van der Waals surface area contributed by atoms with Crippen molar-refractivity contribution in [2.75, 3.05) is 6.54 Å². The van der Waals surface area contributed by atoms with Crippen LogP contribution in [0.4, 0.5) is 13.2 Å². The second-order valence-corrected chi connectivity index (χ2v) is 5.85. The third-order valence-corrected chi connectivity index (χ3v) is 3.48. The van der Waals surface area contributed by atoms with Gasteiger partial charge in [0.1, 0.15) is 5.82 Å². The number of benzene rings is 1. The molecule has 2 aromatic rings. The van der Waals surface area contributed by atoms with Gasteiger partial charge in [0, 0.05) is 6.42 Å². The van der Waals surface area contributed by atoms with Gasteiger partial charge in [0.2, 0.25) is 0 Å². The fraction of sp³-hybridized carbons (Fsp3) is 0.533. The molecule has 21 heavy (non-hydrogen) atoms. The maximum Gasteiger partial charge on any atom is 0.416 e. The van der Waals surface area contributed by atoms with Crippen molar-refractivity contribution in [2.24, 2.45) is 17.6 Å². The number of halogens is 3. The van der Waals surface area contributed by atoms with E-state index in [0.29, 0.717) is 35.7 Å². The largest absolute Gasteiger partial charge is 0.416 e. The van der Waals surface area contributed by atoms with E-state index in [9.17, 15) is 13.2 Å². The molecule has 0 fully saturated rings. The topological polar surface area (TPSA) is 54.7 Å². The van der Waals surface area contributed by atoms with Crippen LogP contribution in [0.2, 0.25) is 0 Å². The van der Waals surface area contributed by atoms with Crippen LogP contribution in [0.5, 0.6) is 0 Å². The number of H-pyrrole nitrogens is 1. The lowest BCUT2D eigenvalue weighted by Crippen LogP contribution is -2.19. The summed E-state index contributed by atoms with van der Waals surface area (Å²) in [7, 11) is 0. The zero-order valence-electron chi connectivity index (χ0n) is 12.2.